The van der Waals surface area contributed by atoms with Gasteiger partial charge in [0, 0.05) is 18.5 Å². The van der Waals surface area contributed by atoms with Crippen LogP contribution in [-0.4, -0.2) is 48.5 Å². The summed E-state index contributed by atoms with van der Waals surface area (Å²) >= 11 is 0. The number of halogens is 3. The highest BCUT2D eigenvalue weighted by atomic mass is 32.2. The Balaban J connectivity index is 1.47. The second-order valence-electron chi connectivity index (χ2n) is 7.95. The summed E-state index contributed by atoms with van der Waals surface area (Å²) in [7, 11) is -3.22. The molecule has 0 spiro atoms. The van der Waals surface area contributed by atoms with Crippen LogP contribution in [0.5, 0.6) is 0 Å². The van der Waals surface area contributed by atoms with Gasteiger partial charge in [-0.05, 0) is 41.8 Å². The van der Waals surface area contributed by atoms with Crippen LogP contribution in [0, 0.1) is 0 Å². The predicted molar refractivity (Wildman–Crippen MR) is 116 cm³/mol. The molecule has 0 radical (unpaired) electrons. The summed E-state index contributed by atoms with van der Waals surface area (Å²) in [5, 5.41) is 7.89. The van der Waals surface area contributed by atoms with E-state index in [0.29, 0.717) is 16.8 Å². The van der Waals surface area contributed by atoms with Crippen LogP contribution in [0.15, 0.2) is 53.6 Å². The molecule has 1 fully saturated rings. The van der Waals surface area contributed by atoms with Gasteiger partial charge in [0.25, 0.3) is 5.91 Å². The van der Waals surface area contributed by atoms with Crippen molar-refractivity contribution >= 4 is 33.1 Å². The maximum atomic E-state index is 12.9. The SMILES string of the molecule is O=C(Nc1ccc(-c2cccc(C(F)(F)F)c2)cc1)C1=NN(C2CCS(=O)(=O)C2)C(=O)CC1. The van der Waals surface area contributed by atoms with Crippen LogP contribution in [0.1, 0.15) is 24.8 Å². The van der Waals surface area contributed by atoms with E-state index in [-0.39, 0.29) is 42.4 Å². The van der Waals surface area contributed by atoms with E-state index in [1.54, 1.807) is 30.3 Å². The first kappa shape index (κ1) is 23.0. The average Bonchev–Trinajstić information content (AvgIpc) is 3.13. The number of amides is 2. The van der Waals surface area contributed by atoms with Crippen LogP contribution in [0.2, 0.25) is 0 Å². The van der Waals surface area contributed by atoms with Crippen LogP contribution in [0.25, 0.3) is 11.1 Å². The van der Waals surface area contributed by atoms with E-state index in [0.717, 1.165) is 17.1 Å². The molecule has 4 rings (SSSR count). The molecule has 1 N–H and O–H groups in total. The van der Waals surface area contributed by atoms with Gasteiger partial charge < -0.3 is 5.32 Å². The van der Waals surface area contributed by atoms with E-state index in [1.165, 1.54) is 6.07 Å². The largest absolute Gasteiger partial charge is 0.416 e. The van der Waals surface area contributed by atoms with Crippen molar-refractivity contribution in [3.8, 4) is 11.1 Å². The lowest BCUT2D eigenvalue weighted by Gasteiger charge is -2.27. The highest BCUT2D eigenvalue weighted by Gasteiger charge is 2.37. The van der Waals surface area contributed by atoms with Crippen LogP contribution in [0.4, 0.5) is 18.9 Å². The Morgan fingerprint density at radius 3 is 2.42 bits per heavy atom. The van der Waals surface area contributed by atoms with Gasteiger partial charge in [-0.25, -0.2) is 13.4 Å². The number of hydrogen-bond donors (Lipinski definition) is 1. The molecule has 11 heteroatoms. The van der Waals surface area contributed by atoms with Gasteiger partial charge >= 0.3 is 6.18 Å². The lowest BCUT2D eigenvalue weighted by Crippen LogP contribution is -2.42. The Kier molecular flexibility index (Phi) is 6.00. The van der Waals surface area contributed by atoms with Crippen molar-refractivity contribution in [1.29, 1.82) is 0 Å². The van der Waals surface area contributed by atoms with Crippen molar-refractivity contribution in [2.24, 2.45) is 5.10 Å². The van der Waals surface area contributed by atoms with Gasteiger partial charge in [0.15, 0.2) is 9.84 Å². The molecule has 33 heavy (non-hydrogen) atoms. The number of rotatable bonds is 4. The number of carbonyl (C=O) groups is 2. The fourth-order valence-corrected chi connectivity index (χ4v) is 5.50. The molecular weight excluding hydrogens is 459 g/mol. The number of nitrogens with zero attached hydrogens (tertiary/aromatic N) is 2. The smallest absolute Gasteiger partial charge is 0.321 e. The van der Waals surface area contributed by atoms with Crippen LogP contribution in [0.3, 0.4) is 0 Å². The Bertz CT molecular complexity index is 1220. The molecule has 1 unspecified atom stereocenters. The third kappa shape index (κ3) is 5.24. The summed E-state index contributed by atoms with van der Waals surface area (Å²) < 4.78 is 62.3. The summed E-state index contributed by atoms with van der Waals surface area (Å²) in [6.07, 6.45) is -3.98. The fraction of sp³-hybridized carbons (Fsp3) is 0.318. The van der Waals surface area contributed by atoms with Crippen LogP contribution >= 0.6 is 0 Å². The van der Waals surface area contributed by atoms with E-state index in [2.05, 4.69) is 10.4 Å². The van der Waals surface area contributed by atoms with Crippen LogP contribution in [-0.2, 0) is 25.6 Å². The van der Waals surface area contributed by atoms with E-state index in [1.807, 2.05) is 0 Å². The van der Waals surface area contributed by atoms with Gasteiger partial charge in [0.2, 0.25) is 5.91 Å². The fourth-order valence-electron chi connectivity index (χ4n) is 3.81. The minimum atomic E-state index is -4.44. The summed E-state index contributed by atoms with van der Waals surface area (Å²) in [4.78, 5) is 24.8. The van der Waals surface area contributed by atoms with Gasteiger partial charge in [-0.3, -0.25) is 9.59 Å². The lowest BCUT2D eigenvalue weighted by atomic mass is 10.0. The summed E-state index contributed by atoms with van der Waals surface area (Å²) in [6.45, 7) is 0. The molecule has 1 atom stereocenters. The molecule has 0 aliphatic carbocycles. The first-order valence-electron chi connectivity index (χ1n) is 10.2. The molecule has 0 saturated carbocycles. The normalized spacial score (nSPS) is 20.5. The van der Waals surface area contributed by atoms with E-state index in [9.17, 15) is 31.2 Å². The number of carbonyl (C=O) groups excluding carboxylic acids is 2. The molecular formula is C22H20F3N3O4S. The number of hydrazone groups is 1. The molecule has 1 saturated heterocycles. The third-order valence-electron chi connectivity index (χ3n) is 5.54. The topological polar surface area (TPSA) is 95.9 Å². The number of sulfone groups is 1. The molecule has 2 heterocycles. The van der Waals surface area contributed by atoms with Crippen molar-refractivity contribution in [1.82, 2.24) is 5.01 Å². The monoisotopic (exact) mass is 479 g/mol. The van der Waals surface area contributed by atoms with Crippen molar-refractivity contribution in [2.45, 2.75) is 31.5 Å². The standard InChI is InChI=1S/C22H20F3N3O4S/c23-22(24,25)16-3-1-2-15(12-16)14-4-6-17(7-5-14)26-21(30)19-8-9-20(29)28(27-19)18-10-11-33(31,32)13-18/h1-7,12,18H,8-11,13H2,(H,26,30). The number of anilines is 1. The average molecular weight is 479 g/mol. The highest BCUT2D eigenvalue weighted by Crippen LogP contribution is 2.32. The summed E-state index contributed by atoms with van der Waals surface area (Å²) in [6, 6.07) is 10.7. The second-order valence-corrected chi connectivity index (χ2v) is 10.2. The highest BCUT2D eigenvalue weighted by molar-refractivity contribution is 7.91. The number of alkyl halides is 3. The molecule has 2 amide bonds. The number of benzene rings is 2. The molecule has 174 valence electrons. The third-order valence-corrected chi connectivity index (χ3v) is 7.29. The van der Waals surface area contributed by atoms with Crippen molar-refractivity contribution in [2.75, 3.05) is 16.8 Å². The molecule has 2 aliphatic heterocycles. The number of hydrogen-bond acceptors (Lipinski definition) is 5. The Hall–Kier alpha value is -3.21. The van der Waals surface area contributed by atoms with Crippen molar-refractivity contribution < 1.29 is 31.2 Å². The molecule has 2 aromatic rings. The van der Waals surface area contributed by atoms with E-state index >= 15 is 0 Å². The maximum absolute atomic E-state index is 12.9. The van der Waals surface area contributed by atoms with Gasteiger partial charge in [0.1, 0.15) is 5.71 Å². The Morgan fingerprint density at radius 1 is 1.06 bits per heavy atom. The van der Waals surface area contributed by atoms with Gasteiger partial charge in [-0.15, -0.1) is 0 Å². The lowest BCUT2D eigenvalue weighted by molar-refractivity contribution is -0.137. The molecule has 0 aromatic heterocycles. The zero-order valence-corrected chi connectivity index (χ0v) is 18.1. The van der Waals surface area contributed by atoms with Crippen molar-refractivity contribution in [3.63, 3.8) is 0 Å². The first-order chi connectivity index (χ1) is 15.5. The van der Waals surface area contributed by atoms with Crippen LogP contribution < -0.4 is 5.32 Å². The van der Waals surface area contributed by atoms with E-state index < -0.39 is 33.5 Å². The maximum Gasteiger partial charge on any atom is 0.416 e. The number of nitrogens with one attached hydrogen (secondary N) is 1. The molecule has 2 aliphatic rings. The Labute approximate surface area is 188 Å². The quantitative estimate of drug-likeness (QED) is 0.726. The Morgan fingerprint density at radius 2 is 1.79 bits per heavy atom. The summed E-state index contributed by atoms with van der Waals surface area (Å²) in [5.74, 6) is -1.04. The molecule has 0 bridgehead atoms. The minimum Gasteiger partial charge on any atom is -0.321 e. The van der Waals surface area contributed by atoms with Gasteiger partial charge in [0.05, 0.1) is 23.1 Å². The zero-order valence-electron chi connectivity index (χ0n) is 17.3. The molecule has 2 aromatic carbocycles. The van der Waals surface area contributed by atoms with E-state index in [4.69, 9.17) is 0 Å². The molecule has 7 nitrogen and oxygen atoms in total. The predicted octanol–water partition coefficient (Wildman–Crippen LogP) is 3.48. The zero-order chi connectivity index (χ0) is 23.8. The second kappa shape index (κ2) is 8.62. The summed E-state index contributed by atoms with van der Waals surface area (Å²) in [5.41, 5.74) is 0.710. The van der Waals surface area contributed by atoms with Gasteiger partial charge in [-0.1, -0.05) is 24.3 Å². The van der Waals surface area contributed by atoms with Crippen molar-refractivity contribution in [3.05, 3.63) is 54.1 Å². The first-order valence-corrected chi connectivity index (χ1v) is 12.0. The minimum absolute atomic E-state index is 0.0171. The van der Waals surface area contributed by atoms with Gasteiger partial charge in [-0.2, -0.15) is 18.3 Å².